The van der Waals surface area contributed by atoms with Crippen molar-refractivity contribution in [1.82, 2.24) is 4.98 Å². The van der Waals surface area contributed by atoms with E-state index in [-0.39, 0.29) is 5.97 Å². The number of alkyl halides is 2. The molecule has 0 radical (unpaired) electrons. The van der Waals surface area contributed by atoms with Gasteiger partial charge in [0.05, 0.1) is 14.2 Å². The van der Waals surface area contributed by atoms with Gasteiger partial charge in [0.1, 0.15) is 4.88 Å². The van der Waals surface area contributed by atoms with Gasteiger partial charge in [-0.05, 0) is 23.8 Å². The van der Waals surface area contributed by atoms with Crippen LogP contribution in [-0.2, 0) is 20.1 Å². The smallest absolute Gasteiger partial charge is 0.356 e. The third-order valence-electron chi connectivity index (χ3n) is 2.59. The molecular weight excluding hydrogens is 450 g/mol. The molecule has 2 aromatic rings. The first-order valence-corrected chi connectivity index (χ1v) is 9.44. The van der Waals surface area contributed by atoms with Gasteiger partial charge in [-0.3, -0.25) is 0 Å². The third kappa shape index (κ3) is 6.04. The maximum Gasteiger partial charge on any atom is 0.356 e. The molecule has 23 heavy (non-hydrogen) atoms. The zero-order valence-corrected chi connectivity index (χ0v) is 16.5. The van der Waals surface area contributed by atoms with Gasteiger partial charge in [-0.15, -0.1) is 11.3 Å². The molecule has 0 bridgehead atoms. The Labute approximate surface area is 155 Å². The molecule has 0 fully saturated rings. The number of carbonyl (C=O) groups is 2. The number of hydrogen-bond donors (Lipinski definition) is 0. The molecule has 0 N–H and O–H groups in total. The molecule has 2 rings (SSSR count). The lowest BCUT2D eigenvalue weighted by molar-refractivity contribution is 0.0588. The van der Waals surface area contributed by atoms with Crippen LogP contribution in [0.3, 0.4) is 0 Å². The van der Waals surface area contributed by atoms with Gasteiger partial charge in [0, 0.05) is 21.7 Å². The average Bonchev–Trinajstić information content (AvgIpc) is 3.10. The minimum atomic E-state index is -0.398. The fraction of sp³-hybridized carbons (Fsp3) is 0.267. The predicted molar refractivity (Wildman–Crippen MR) is 96.5 cm³/mol. The summed E-state index contributed by atoms with van der Waals surface area (Å²) < 4.78 is 9.11. The van der Waals surface area contributed by atoms with Gasteiger partial charge >= 0.3 is 11.9 Å². The van der Waals surface area contributed by atoms with Crippen molar-refractivity contribution in [2.45, 2.75) is 10.7 Å². The molecule has 2 aromatic heterocycles. The number of pyridine rings is 1. The second-order valence-electron chi connectivity index (χ2n) is 4.03. The van der Waals surface area contributed by atoms with Crippen LogP contribution in [0.4, 0.5) is 0 Å². The van der Waals surface area contributed by atoms with Gasteiger partial charge in [0.25, 0.3) is 0 Å². The monoisotopic (exact) mass is 463 g/mol. The quantitative estimate of drug-likeness (QED) is 0.501. The Balaban J connectivity index is 0.000000231. The molecule has 0 aliphatic carbocycles. The Hall–Kier alpha value is -1.25. The maximum atomic E-state index is 11.1. The second kappa shape index (κ2) is 10.5. The van der Waals surface area contributed by atoms with Crippen LogP contribution in [-0.4, -0.2) is 31.1 Å². The fourth-order valence-electron chi connectivity index (χ4n) is 1.49. The summed E-state index contributed by atoms with van der Waals surface area (Å²) in [6, 6.07) is 7.29. The number of ether oxygens (including phenoxy) is 2. The Kier molecular flexibility index (Phi) is 9.05. The van der Waals surface area contributed by atoms with E-state index in [1.807, 2.05) is 12.1 Å². The SMILES string of the molecule is COC(=O)c1ccc(CBr)s1.COC(=O)c1ncccc1CBr. The Morgan fingerprint density at radius 3 is 2.30 bits per heavy atom. The molecule has 0 unspecified atom stereocenters. The molecule has 2 heterocycles. The normalized spacial score (nSPS) is 9.57. The number of nitrogens with zero attached hydrogens (tertiary/aromatic N) is 1. The lowest BCUT2D eigenvalue weighted by Gasteiger charge is -2.01. The van der Waals surface area contributed by atoms with Crippen LogP contribution in [0, 0.1) is 0 Å². The molecule has 0 atom stereocenters. The van der Waals surface area contributed by atoms with E-state index in [1.54, 1.807) is 18.3 Å². The standard InChI is InChI=1S/C8H8BrNO2.C7H7BrO2S/c1-12-8(11)7-6(5-9)3-2-4-10-7;1-10-7(9)6-3-2-5(4-8)11-6/h2-4H,5H2,1H3;2-3H,4H2,1H3. The molecule has 0 aromatic carbocycles. The van der Waals surface area contributed by atoms with Crippen molar-refractivity contribution in [3.05, 3.63) is 51.5 Å². The van der Waals surface area contributed by atoms with Crippen LogP contribution in [0.25, 0.3) is 0 Å². The molecule has 0 aliphatic heterocycles. The molecule has 0 saturated carbocycles. The van der Waals surface area contributed by atoms with Crippen LogP contribution in [0.2, 0.25) is 0 Å². The number of halogens is 2. The van der Waals surface area contributed by atoms with Crippen molar-refractivity contribution in [3.8, 4) is 0 Å². The lowest BCUT2D eigenvalue weighted by atomic mass is 10.2. The molecule has 124 valence electrons. The Morgan fingerprint density at radius 1 is 1.09 bits per heavy atom. The van der Waals surface area contributed by atoms with E-state index in [9.17, 15) is 9.59 Å². The highest BCUT2D eigenvalue weighted by molar-refractivity contribution is 9.08. The van der Waals surface area contributed by atoms with Crippen LogP contribution in [0.1, 0.15) is 30.6 Å². The summed E-state index contributed by atoms with van der Waals surface area (Å²) in [5, 5.41) is 1.39. The molecule has 0 saturated heterocycles. The first-order chi connectivity index (χ1) is 11.1. The number of methoxy groups -OCH3 is 2. The second-order valence-corrected chi connectivity index (χ2v) is 6.32. The minimum absolute atomic E-state index is 0.262. The van der Waals surface area contributed by atoms with Crippen LogP contribution in [0.5, 0.6) is 0 Å². The maximum absolute atomic E-state index is 11.1. The third-order valence-corrected chi connectivity index (χ3v) is 5.24. The molecule has 8 heteroatoms. The van der Waals surface area contributed by atoms with Gasteiger partial charge in [0.15, 0.2) is 5.69 Å². The Bertz CT molecular complexity index is 660. The van der Waals surface area contributed by atoms with Crippen molar-refractivity contribution >= 4 is 55.1 Å². The molecule has 0 amide bonds. The zero-order valence-electron chi connectivity index (χ0n) is 12.5. The van der Waals surface area contributed by atoms with Crippen molar-refractivity contribution in [2.24, 2.45) is 0 Å². The van der Waals surface area contributed by atoms with Gasteiger partial charge in [0.2, 0.25) is 0 Å². The van der Waals surface area contributed by atoms with E-state index in [0.29, 0.717) is 15.9 Å². The molecule has 5 nitrogen and oxygen atoms in total. The summed E-state index contributed by atoms with van der Waals surface area (Å²) in [5.74, 6) is -0.660. The number of carbonyl (C=O) groups excluding carboxylic acids is 2. The number of hydrogen-bond acceptors (Lipinski definition) is 6. The largest absolute Gasteiger partial charge is 0.465 e. The first-order valence-electron chi connectivity index (χ1n) is 6.38. The van der Waals surface area contributed by atoms with Crippen LogP contribution >= 0.6 is 43.2 Å². The van der Waals surface area contributed by atoms with Gasteiger partial charge in [-0.2, -0.15) is 0 Å². The summed E-state index contributed by atoms with van der Waals surface area (Å²) in [6.45, 7) is 0. The highest BCUT2D eigenvalue weighted by atomic mass is 79.9. The van der Waals surface area contributed by atoms with Gasteiger partial charge < -0.3 is 9.47 Å². The zero-order chi connectivity index (χ0) is 17.2. The summed E-state index contributed by atoms with van der Waals surface area (Å²) in [4.78, 5) is 27.7. The van der Waals surface area contributed by atoms with E-state index in [0.717, 1.165) is 15.8 Å². The minimum Gasteiger partial charge on any atom is -0.465 e. The van der Waals surface area contributed by atoms with Crippen LogP contribution < -0.4 is 0 Å². The van der Waals surface area contributed by atoms with Gasteiger partial charge in [-0.25, -0.2) is 14.6 Å². The number of rotatable bonds is 4. The van der Waals surface area contributed by atoms with Crippen molar-refractivity contribution < 1.29 is 19.1 Å². The van der Waals surface area contributed by atoms with E-state index >= 15 is 0 Å². The van der Waals surface area contributed by atoms with Crippen molar-refractivity contribution in [2.75, 3.05) is 14.2 Å². The summed E-state index contributed by atoms with van der Waals surface area (Å²) in [7, 11) is 2.73. The van der Waals surface area contributed by atoms with E-state index < -0.39 is 5.97 Å². The summed E-state index contributed by atoms with van der Waals surface area (Å²) >= 11 is 8.00. The Morgan fingerprint density at radius 2 is 1.78 bits per heavy atom. The lowest BCUT2D eigenvalue weighted by Crippen LogP contribution is -2.07. The van der Waals surface area contributed by atoms with E-state index in [2.05, 4.69) is 46.3 Å². The number of esters is 2. The number of aromatic nitrogens is 1. The van der Waals surface area contributed by atoms with Crippen molar-refractivity contribution in [1.29, 1.82) is 0 Å². The molecule has 0 spiro atoms. The average molecular weight is 465 g/mol. The topological polar surface area (TPSA) is 65.5 Å². The molecular formula is C15H15Br2NO4S. The number of thiophene rings is 1. The van der Waals surface area contributed by atoms with Gasteiger partial charge in [-0.1, -0.05) is 37.9 Å². The van der Waals surface area contributed by atoms with E-state index in [4.69, 9.17) is 0 Å². The summed E-state index contributed by atoms with van der Waals surface area (Å²) in [5.41, 5.74) is 1.21. The van der Waals surface area contributed by atoms with E-state index in [1.165, 1.54) is 25.6 Å². The van der Waals surface area contributed by atoms with Crippen LogP contribution in [0.15, 0.2) is 30.5 Å². The highest BCUT2D eigenvalue weighted by Crippen LogP contribution is 2.19. The first kappa shape index (κ1) is 19.8. The fourth-order valence-corrected chi connectivity index (χ4v) is 3.25. The van der Waals surface area contributed by atoms with Crippen molar-refractivity contribution in [3.63, 3.8) is 0 Å². The summed E-state index contributed by atoms with van der Waals surface area (Å²) in [6.07, 6.45) is 1.57. The predicted octanol–water partition coefficient (Wildman–Crippen LogP) is 4.19. The molecule has 0 aliphatic rings. The highest BCUT2D eigenvalue weighted by Gasteiger charge is 2.11.